The fraction of sp³-hybridized carbons (Fsp3) is 0.476. The molecule has 0 atom stereocenters. The highest BCUT2D eigenvalue weighted by molar-refractivity contribution is 5.69. The summed E-state index contributed by atoms with van der Waals surface area (Å²) in [5.74, 6) is 2.48. The zero-order valence-electron chi connectivity index (χ0n) is 18.3. The predicted molar refractivity (Wildman–Crippen MR) is 109 cm³/mol. The summed E-state index contributed by atoms with van der Waals surface area (Å²) < 4.78 is 26.1. The van der Waals surface area contributed by atoms with Gasteiger partial charge in [0.2, 0.25) is 11.7 Å². The van der Waals surface area contributed by atoms with Crippen LogP contribution < -0.4 is 9.47 Å². The molecule has 3 rings (SSSR count). The van der Waals surface area contributed by atoms with E-state index in [-0.39, 0.29) is 30.3 Å². The van der Waals surface area contributed by atoms with E-state index in [2.05, 4.69) is 20.3 Å². The van der Waals surface area contributed by atoms with Crippen molar-refractivity contribution >= 4 is 5.97 Å². The van der Waals surface area contributed by atoms with Crippen molar-refractivity contribution in [2.75, 3.05) is 14.2 Å². The molecule has 0 bridgehead atoms. The van der Waals surface area contributed by atoms with Crippen LogP contribution in [0.1, 0.15) is 51.2 Å². The van der Waals surface area contributed by atoms with Crippen LogP contribution in [0.5, 0.6) is 11.5 Å². The Kier molecular flexibility index (Phi) is 6.88. The standard InChI is InChI=1S/C21H26N4O6/c1-21(2,3)20-23-16(30-25-20)7-6-8-18(26)29-12-17-22-19(24-31-17)13-9-10-14(27-4)15(11-13)28-5/h9-11H,6-8,12H2,1-5H3. The number of carbonyl (C=O) groups is 1. The number of aromatic nitrogens is 4. The highest BCUT2D eigenvalue weighted by Crippen LogP contribution is 2.31. The van der Waals surface area contributed by atoms with Crippen molar-refractivity contribution in [1.82, 2.24) is 20.3 Å². The van der Waals surface area contributed by atoms with E-state index in [9.17, 15) is 4.79 Å². The van der Waals surface area contributed by atoms with Gasteiger partial charge in [-0.25, -0.2) is 0 Å². The minimum absolute atomic E-state index is 0.103. The molecular formula is C21H26N4O6. The first-order chi connectivity index (χ1) is 14.8. The van der Waals surface area contributed by atoms with Crippen LogP contribution in [0.4, 0.5) is 0 Å². The Labute approximate surface area is 179 Å². The first-order valence-corrected chi connectivity index (χ1v) is 9.84. The number of methoxy groups -OCH3 is 2. The molecule has 3 aromatic rings. The lowest BCUT2D eigenvalue weighted by atomic mass is 9.96. The van der Waals surface area contributed by atoms with Crippen LogP contribution in [0, 0.1) is 0 Å². The van der Waals surface area contributed by atoms with Gasteiger partial charge in [0.25, 0.3) is 5.89 Å². The van der Waals surface area contributed by atoms with E-state index in [4.69, 9.17) is 23.3 Å². The van der Waals surface area contributed by atoms with E-state index in [0.29, 0.717) is 47.4 Å². The lowest BCUT2D eigenvalue weighted by Gasteiger charge is -2.10. The van der Waals surface area contributed by atoms with Crippen molar-refractivity contribution in [3.63, 3.8) is 0 Å². The normalized spacial score (nSPS) is 11.4. The molecule has 1 aromatic carbocycles. The van der Waals surface area contributed by atoms with E-state index in [1.807, 2.05) is 20.8 Å². The van der Waals surface area contributed by atoms with E-state index >= 15 is 0 Å². The average molecular weight is 430 g/mol. The van der Waals surface area contributed by atoms with Crippen molar-refractivity contribution in [2.24, 2.45) is 0 Å². The van der Waals surface area contributed by atoms with Crippen molar-refractivity contribution in [1.29, 1.82) is 0 Å². The van der Waals surface area contributed by atoms with Gasteiger partial charge in [-0.1, -0.05) is 31.1 Å². The number of hydrogen-bond acceptors (Lipinski definition) is 10. The average Bonchev–Trinajstić information content (AvgIpc) is 3.41. The maximum Gasteiger partial charge on any atom is 0.306 e. The van der Waals surface area contributed by atoms with Gasteiger partial charge in [0.15, 0.2) is 23.9 Å². The number of nitrogens with zero attached hydrogens (tertiary/aromatic N) is 4. The molecule has 166 valence electrons. The van der Waals surface area contributed by atoms with Crippen LogP contribution in [-0.2, 0) is 28.0 Å². The molecule has 0 aliphatic heterocycles. The topological polar surface area (TPSA) is 123 Å². The number of esters is 1. The lowest BCUT2D eigenvalue weighted by molar-refractivity contribution is -0.145. The molecule has 0 aliphatic carbocycles. The minimum Gasteiger partial charge on any atom is -0.493 e. The quantitative estimate of drug-likeness (QED) is 0.466. The van der Waals surface area contributed by atoms with Crippen LogP contribution in [0.15, 0.2) is 27.2 Å². The molecule has 0 radical (unpaired) electrons. The van der Waals surface area contributed by atoms with Crippen LogP contribution in [0.3, 0.4) is 0 Å². The van der Waals surface area contributed by atoms with Crippen LogP contribution in [0.25, 0.3) is 11.4 Å². The van der Waals surface area contributed by atoms with Crippen molar-refractivity contribution in [2.45, 2.75) is 52.1 Å². The maximum absolute atomic E-state index is 12.0. The highest BCUT2D eigenvalue weighted by atomic mass is 16.6. The molecule has 10 nitrogen and oxygen atoms in total. The fourth-order valence-electron chi connectivity index (χ4n) is 2.67. The van der Waals surface area contributed by atoms with Gasteiger partial charge >= 0.3 is 5.97 Å². The number of ether oxygens (including phenoxy) is 3. The van der Waals surface area contributed by atoms with Crippen LogP contribution >= 0.6 is 0 Å². The van der Waals surface area contributed by atoms with Gasteiger partial charge in [0, 0.05) is 23.8 Å². The summed E-state index contributed by atoms with van der Waals surface area (Å²) in [6.45, 7) is 5.92. The van der Waals surface area contributed by atoms with Crippen molar-refractivity contribution in [3.05, 3.63) is 35.8 Å². The van der Waals surface area contributed by atoms with Crippen molar-refractivity contribution in [3.8, 4) is 22.9 Å². The van der Waals surface area contributed by atoms with E-state index in [1.54, 1.807) is 32.4 Å². The second-order valence-electron chi connectivity index (χ2n) is 7.86. The van der Waals surface area contributed by atoms with Crippen LogP contribution in [-0.4, -0.2) is 40.5 Å². The summed E-state index contributed by atoms with van der Waals surface area (Å²) in [6, 6.07) is 5.27. The maximum atomic E-state index is 12.0. The zero-order valence-corrected chi connectivity index (χ0v) is 18.3. The number of rotatable bonds is 9. The fourth-order valence-corrected chi connectivity index (χ4v) is 2.67. The third-order valence-corrected chi connectivity index (χ3v) is 4.38. The van der Waals surface area contributed by atoms with Gasteiger partial charge < -0.3 is 23.3 Å². The van der Waals surface area contributed by atoms with Gasteiger partial charge in [-0.05, 0) is 24.6 Å². The summed E-state index contributed by atoms with van der Waals surface area (Å²) in [5, 5.41) is 7.88. The molecule has 0 saturated carbocycles. The molecule has 0 saturated heterocycles. The zero-order chi connectivity index (χ0) is 22.4. The van der Waals surface area contributed by atoms with Crippen molar-refractivity contribution < 1.29 is 28.1 Å². The summed E-state index contributed by atoms with van der Waals surface area (Å²) in [5.41, 5.74) is 0.508. The molecule has 0 unspecified atom stereocenters. The molecule has 2 aromatic heterocycles. The monoisotopic (exact) mass is 430 g/mol. The third-order valence-electron chi connectivity index (χ3n) is 4.38. The smallest absolute Gasteiger partial charge is 0.306 e. The predicted octanol–water partition coefficient (Wildman–Crippen LogP) is 3.50. The Balaban J connectivity index is 1.47. The molecule has 10 heteroatoms. The van der Waals surface area contributed by atoms with E-state index in [1.165, 1.54) is 0 Å². The summed E-state index contributed by atoms with van der Waals surface area (Å²) >= 11 is 0. The molecule has 0 spiro atoms. The van der Waals surface area contributed by atoms with Crippen LogP contribution in [0.2, 0.25) is 0 Å². The molecule has 0 amide bonds. The first-order valence-electron chi connectivity index (χ1n) is 9.84. The largest absolute Gasteiger partial charge is 0.493 e. The minimum atomic E-state index is -0.374. The Hall–Kier alpha value is -3.43. The van der Waals surface area contributed by atoms with Gasteiger partial charge in [-0.15, -0.1) is 0 Å². The molecular weight excluding hydrogens is 404 g/mol. The van der Waals surface area contributed by atoms with Gasteiger partial charge in [0.05, 0.1) is 14.2 Å². The summed E-state index contributed by atoms with van der Waals surface area (Å²) in [7, 11) is 3.11. The Morgan fingerprint density at radius 1 is 1.00 bits per heavy atom. The molecule has 0 N–H and O–H groups in total. The van der Waals surface area contributed by atoms with Gasteiger partial charge in [-0.3, -0.25) is 4.79 Å². The Morgan fingerprint density at radius 2 is 1.74 bits per heavy atom. The molecule has 0 aliphatic rings. The third kappa shape index (κ3) is 5.80. The van der Waals surface area contributed by atoms with E-state index in [0.717, 1.165) is 0 Å². The van der Waals surface area contributed by atoms with Gasteiger partial charge in [-0.2, -0.15) is 9.97 Å². The number of carbonyl (C=O) groups excluding carboxylic acids is 1. The summed E-state index contributed by atoms with van der Waals surface area (Å²) in [4.78, 5) is 20.6. The number of benzene rings is 1. The second kappa shape index (κ2) is 9.59. The SMILES string of the molecule is COc1ccc(-c2noc(COC(=O)CCCc3nc(C(C)(C)C)no3)n2)cc1OC. The number of aryl methyl sites for hydroxylation is 1. The lowest BCUT2D eigenvalue weighted by Crippen LogP contribution is -2.13. The molecule has 0 fully saturated rings. The number of hydrogen-bond donors (Lipinski definition) is 0. The van der Waals surface area contributed by atoms with Gasteiger partial charge in [0.1, 0.15) is 0 Å². The molecule has 2 heterocycles. The summed E-state index contributed by atoms with van der Waals surface area (Å²) in [6.07, 6.45) is 1.25. The molecule has 31 heavy (non-hydrogen) atoms. The Bertz CT molecular complexity index is 1020. The first kappa shape index (κ1) is 22.3. The second-order valence-corrected chi connectivity index (χ2v) is 7.86. The Morgan fingerprint density at radius 3 is 2.42 bits per heavy atom. The highest BCUT2D eigenvalue weighted by Gasteiger charge is 2.21. The van der Waals surface area contributed by atoms with E-state index < -0.39 is 0 Å².